The van der Waals surface area contributed by atoms with E-state index in [4.69, 9.17) is 10.00 Å². The molecule has 35 heavy (non-hydrogen) atoms. The van der Waals surface area contributed by atoms with Crippen LogP contribution in [0.25, 0.3) is 0 Å². The SMILES string of the molecule is CC1Cc2ccccc2N1S(=O)(=O)c1cccc(C(=O)OCC(=O)Nc2ccc(CC#N)cc2)c1. The molecule has 0 aliphatic carbocycles. The summed E-state index contributed by atoms with van der Waals surface area (Å²) in [5.41, 5.74) is 2.93. The molecule has 0 spiro atoms. The van der Waals surface area contributed by atoms with E-state index in [2.05, 4.69) is 5.32 Å². The van der Waals surface area contributed by atoms with Crippen molar-refractivity contribution in [2.75, 3.05) is 16.2 Å². The largest absolute Gasteiger partial charge is 0.452 e. The van der Waals surface area contributed by atoms with Crippen LogP contribution in [0.2, 0.25) is 0 Å². The first kappa shape index (κ1) is 24.0. The summed E-state index contributed by atoms with van der Waals surface area (Å²) in [7, 11) is -3.91. The van der Waals surface area contributed by atoms with Crippen LogP contribution in [-0.4, -0.2) is 32.9 Å². The van der Waals surface area contributed by atoms with Crippen LogP contribution < -0.4 is 9.62 Å². The molecule has 3 aromatic carbocycles. The highest BCUT2D eigenvalue weighted by Gasteiger charge is 2.36. The van der Waals surface area contributed by atoms with Crippen molar-refractivity contribution < 1.29 is 22.7 Å². The van der Waals surface area contributed by atoms with Gasteiger partial charge in [0.15, 0.2) is 6.61 Å². The van der Waals surface area contributed by atoms with Gasteiger partial charge in [-0.2, -0.15) is 5.26 Å². The number of ether oxygens (including phenoxy) is 1. The van der Waals surface area contributed by atoms with Gasteiger partial charge in [-0.15, -0.1) is 0 Å². The lowest BCUT2D eigenvalue weighted by atomic mass is 10.1. The number of hydrogen-bond donors (Lipinski definition) is 1. The third kappa shape index (κ3) is 5.18. The van der Waals surface area contributed by atoms with Crippen molar-refractivity contribution in [1.29, 1.82) is 5.26 Å². The molecule has 4 rings (SSSR count). The van der Waals surface area contributed by atoms with Crippen LogP contribution in [-0.2, 0) is 32.4 Å². The molecule has 0 saturated carbocycles. The highest BCUT2D eigenvalue weighted by Crippen LogP contribution is 2.36. The number of benzene rings is 3. The number of carbonyl (C=O) groups is 2. The number of hydrogen-bond acceptors (Lipinski definition) is 6. The Labute approximate surface area is 203 Å². The Morgan fingerprint density at radius 2 is 1.83 bits per heavy atom. The second kappa shape index (κ2) is 9.99. The first-order chi connectivity index (χ1) is 16.8. The quantitative estimate of drug-likeness (QED) is 0.506. The predicted octanol–water partition coefficient (Wildman–Crippen LogP) is 3.69. The molecular formula is C26H23N3O5S. The van der Waals surface area contributed by atoms with Gasteiger partial charge < -0.3 is 10.1 Å². The van der Waals surface area contributed by atoms with E-state index in [0.29, 0.717) is 17.8 Å². The molecular weight excluding hydrogens is 466 g/mol. The molecule has 0 radical (unpaired) electrons. The number of nitrogens with zero attached hydrogens (tertiary/aromatic N) is 2. The van der Waals surface area contributed by atoms with Crippen molar-refractivity contribution in [2.24, 2.45) is 0 Å². The monoisotopic (exact) mass is 489 g/mol. The number of rotatable bonds is 7. The zero-order valence-corrected chi connectivity index (χ0v) is 19.8. The third-order valence-electron chi connectivity index (χ3n) is 5.63. The van der Waals surface area contributed by atoms with E-state index in [9.17, 15) is 18.0 Å². The fraction of sp³-hybridized carbons (Fsp3) is 0.192. The lowest BCUT2D eigenvalue weighted by Gasteiger charge is -2.24. The van der Waals surface area contributed by atoms with E-state index in [-0.39, 0.29) is 22.9 Å². The van der Waals surface area contributed by atoms with Gasteiger partial charge in [-0.1, -0.05) is 36.4 Å². The van der Waals surface area contributed by atoms with Crippen molar-refractivity contribution in [2.45, 2.75) is 30.7 Å². The second-order valence-electron chi connectivity index (χ2n) is 8.17. The van der Waals surface area contributed by atoms with Gasteiger partial charge in [-0.25, -0.2) is 13.2 Å². The molecule has 0 fully saturated rings. The summed E-state index contributed by atoms with van der Waals surface area (Å²) >= 11 is 0. The normalized spacial score (nSPS) is 14.6. The van der Waals surface area contributed by atoms with E-state index in [1.54, 1.807) is 36.4 Å². The summed E-state index contributed by atoms with van der Waals surface area (Å²) < 4.78 is 33.3. The Hall–Kier alpha value is -4.16. The summed E-state index contributed by atoms with van der Waals surface area (Å²) in [6, 6.07) is 21.5. The van der Waals surface area contributed by atoms with Gasteiger partial charge in [-0.3, -0.25) is 9.10 Å². The fourth-order valence-corrected chi connectivity index (χ4v) is 5.75. The van der Waals surface area contributed by atoms with E-state index < -0.39 is 28.5 Å². The van der Waals surface area contributed by atoms with E-state index in [1.165, 1.54) is 28.6 Å². The molecule has 3 aromatic rings. The summed E-state index contributed by atoms with van der Waals surface area (Å²) in [5.74, 6) is -1.35. The van der Waals surface area contributed by atoms with Crippen LogP contribution in [0.5, 0.6) is 0 Å². The Balaban J connectivity index is 1.43. The number of para-hydroxylation sites is 1. The van der Waals surface area contributed by atoms with Crippen LogP contribution in [0.4, 0.5) is 11.4 Å². The molecule has 0 aromatic heterocycles. The number of nitriles is 1. The minimum absolute atomic E-state index is 0.0277. The van der Waals surface area contributed by atoms with Crippen molar-refractivity contribution in [3.63, 3.8) is 0 Å². The van der Waals surface area contributed by atoms with Crippen LogP contribution in [0.15, 0.2) is 77.7 Å². The second-order valence-corrected chi connectivity index (χ2v) is 9.98. The average molecular weight is 490 g/mol. The smallest absolute Gasteiger partial charge is 0.338 e. The average Bonchev–Trinajstić information content (AvgIpc) is 3.20. The first-order valence-electron chi connectivity index (χ1n) is 10.9. The zero-order valence-electron chi connectivity index (χ0n) is 19.0. The van der Waals surface area contributed by atoms with Gasteiger partial charge in [0, 0.05) is 11.7 Å². The number of esters is 1. The van der Waals surface area contributed by atoms with Gasteiger partial charge in [0.05, 0.1) is 28.6 Å². The van der Waals surface area contributed by atoms with E-state index >= 15 is 0 Å². The third-order valence-corrected chi connectivity index (χ3v) is 7.55. The van der Waals surface area contributed by atoms with Gasteiger partial charge in [0.2, 0.25) is 0 Å². The number of carbonyl (C=O) groups excluding carboxylic acids is 2. The summed E-state index contributed by atoms with van der Waals surface area (Å²) in [6.45, 7) is 1.30. The molecule has 1 N–H and O–H groups in total. The summed E-state index contributed by atoms with van der Waals surface area (Å²) in [4.78, 5) is 24.7. The van der Waals surface area contributed by atoms with Crippen LogP contribution in [0.1, 0.15) is 28.4 Å². The minimum Gasteiger partial charge on any atom is -0.452 e. The van der Waals surface area contributed by atoms with Gasteiger partial charge >= 0.3 is 5.97 Å². The molecule has 1 unspecified atom stereocenters. The molecule has 8 nitrogen and oxygen atoms in total. The van der Waals surface area contributed by atoms with E-state index in [1.807, 2.05) is 25.1 Å². The van der Waals surface area contributed by atoms with Gasteiger partial charge in [0.25, 0.3) is 15.9 Å². The molecule has 1 heterocycles. The molecule has 1 atom stereocenters. The van der Waals surface area contributed by atoms with Crippen molar-refractivity contribution in [3.05, 3.63) is 89.5 Å². The zero-order chi connectivity index (χ0) is 25.0. The highest BCUT2D eigenvalue weighted by atomic mass is 32.2. The highest BCUT2D eigenvalue weighted by molar-refractivity contribution is 7.92. The molecule has 1 aliphatic rings. The Kier molecular flexibility index (Phi) is 6.85. The maximum Gasteiger partial charge on any atom is 0.338 e. The number of fused-ring (bicyclic) bond motifs is 1. The molecule has 1 aliphatic heterocycles. The standard InChI is InChI=1S/C26H23N3O5S/c1-18-15-20-5-2-3-8-24(20)29(18)35(32,33)23-7-4-6-21(16-23)26(31)34-17-25(30)28-22-11-9-19(10-12-22)13-14-27/h2-12,16,18H,13,15,17H2,1H3,(H,28,30). The van der Waals surface area contributed by atoms with Crippen LogP contribution in [0, 0.1) is 11.3 Å². The van der Waals surface area contributed by atoms with Gasteiger partial charge in [0.1, 0.15) is 0 Å². The predicted molar refractivity (Wildman–Crippen MR) is 130 cm³/mol. The van der Waals surface area contributed by atoms with Crippen LogP contribution >= 0.6 is 0 Å². The minimum atomic E-state index is -3.91. The fourth-order valence-electron chi connectivity index (χ4n) is 4.01. The maximum absolute atomic E-state index is 13.4. The maximum atomic E-state index is 13.4. The lowest BCUT2D eigenvalue weighted by Crippen LogP contribution is -2.35. The summed E-state index contributed by atoms with van der Waals surface area (Å²) in [5, 5.41) is 11.3. The van der Waals surface area contributed by atoms with Crippen LogP contribution in [0.3, 0.4) is 0 Å². The summed E-state index contributed by atoms with van der Waals surface area (Å²) in [6.07, 6.45) is 0.872. The van der Waals surface area contributed by atoms with Crippen molar-refractivity contribution >= 4 is 33.3 Å². The molecule has 1 amide bonds. The van der Waals surface area contributed by atoms with Gasteiger partial charge in [-0.05, 0) is 60.9 Å². The molecule has 178 valence electrons. The van der Waals surface area contributed by atoms with E-state index in [0.717, 1.165) is 11.1 Å². The first-order valence-corrected chi connectivity index (χ1v) is 12.4. The number of amides is 1. The van der Waals surface area contributed by atoms with Crippen molar-refractivity contribution in [3.8, 4) is 6.07 Å². The molecule has 0 saturated heterocycles. The Morgan fingerprint density at radius 3 is 2.57 bits per heavy atom. The lowest BCUT2D eigenvalue weighted by molar-refractivity contribution is -0.119. The molecule has 9 heteroatoms. The van der Waals surface area contributed by atoms with Crippen molar-refractivity contribution in [1.82, 2.24) is 0 Å². The topological polar surface area (TPSA) is 117 Å². The Bertz CT molecular complexity index is 1410. The number of anilines is 2. The number of nitrogens with one attached hydrogen (secondary N) is 1. The Morgan fingerprint density at radius 1 is 1.09 bits per heavy atom. The number of sulfonamides is 1. The molecule has 0 bridgehead atoms.